The topological polar surface area (TPSA) is 49.3 Å². The van der Waals surface area contributed by atoms with Crippen LogP contribution in [0.2, 0.25) is 0 Å². The highest BCUT2D eigenvalue weighted by Gasteiger charge is 2.36. The zero-order valence-corrected chi connectivity index (χ0v) is 12.4. The molecule has 6 heteroatoms. The van der Waals surface area contributed by atoms with Crippen LogP contribution in [0.4, 0.5) is 8.78 Å². The van der Waals surface area contributed by atoms with E-state index < -0.39 is 17.5 Å². The van der Waals surface area contributed by atoms with Crippen molar-refractivity contribution < 1.29 is 18.7 Å². The second-order valence-electron chi connectivity index (χ2n) is 5.48. The Morgan fingerprint density at radius 3 is 2.73 bits per heavy atom. The van der Waals surface area contributed by atoms with Crippen LogP contribution in [0.3, 0.4) is 0 Å². The molecule has 2 N–H and O–H groups in total. The highest BCUT2D eigenvalue weighted by atomic mass is 32.1. The van der Waals surface area contributed by atoms with Gasteiger partial charge >= 0.3 is 0 Å². The number of carbonyl (C=O) groups is 1. The van der Waals surface area contributed by atoms with Gasteiger partial charge in [-0.2, -0.15) is 0 Å². The van der Waals surface area contributed by atoms with E-state index in [9.17, 15) is 18.7 Å². The van der Waals surface area contributed by atoms with Crippen LogP contribution in [-0.4, -0.2) is 17.1 Å². The molecule has 1 heterocycles. The predicted octanol–water partition coefficient (Wildman–Crippen LogP) is 3.27. The molecule has 0 radical (unpaired) electrons. The molecule has 1 atom stereocenters. The van der Waals surface area contributed by atoms with Crippen LogP contribution in [0.15, 0.2) is 35.7 Å². The van der Waals surface area contributed by atoms with E-state index in [4.69, 9.17) is 0 Å². The Labute approximate surface area is 130 Å². The number of thiophene rings is 1. The van der Waals surface area contributed by atoms with Crippen LogP contribution in [-0.2, 0) is 0 Å². The molecule has 2 aromatic rings. The Balaban J connectivity index is 1.81. The van der Waals surface area contributed by atoms with Crippen LogP contribution in [0, 0.1) is 17.6 Å². The van der Waals surface area contributed by atoms with E-state index in [1.807, 2.05) is 17.5 Å². The fourth-order valence-corrected chi connectivity index (χ4v) is 3.55. The molecule has 116 valence electrons. The van der Waals surface area contributed by atoms with Crippen molar-refractivity contribution in [3.63, 3.8) is 0 Å². The fourth-order valence-electron chi connectivity index (χ4n) is 2.68. The average Bonchev–Trinajstić information content (AvgIpc) is 2.98. The van der Waals surface area contributed by atoms with Gasteiger partial charge in [-0.3, -0.25) is 4.79 Å². The summed E-state index contributed by atoms with van der Waals surface area (Å²) >= 11 is 1.49. The van der Waals surface area contributed by atoms with Crippen molar-refractivity contribution in [1.29, 1.82) is 0 Å². The quantitative estimate of drug-likeness (QED) is 0.907. The summed E-state index contributed by atoms with van der Waals surface area (Å²) in [6, 6.07) is 6.28. The molecule has 1 amide bonds. The lowest BCUT2D eigenvalue weighted by molar-refractivity contribution is 0.0240. The van der Waals surface area contributed by atoms with E-state index in [1.165, 1.54) is 11.3 Å². The fraction of sp³-hybridized carbons (Fsp3) is 0.312. The first-order valence-electron chi connectivity index (χ1n) is 7.02. The van der Waals surface area contributed by atoms with E-state index in [-0.39, 0.29) is 23.6 Å². The number of carbonyl (C=O) groups excluding carboxylic acids is 1. The lowest BCUT2D eigenvalue weighted by Gasteiger charge is -2.37. The number of halogens is 2. The zero-order valence-electron chi connectivity index (χ0n) is 11.6. The van der Waals surface area contributed by atoms with E-state index >= 15 is 0 Å². The van der Waals surface area contributed by atoms with Crippen molar-refractivity contribution in [3.8, 4) is 0 Å². The Morgan fingerprint density at radius 1 is 1.32 bits per heavy atom. The van der Waals surface area contributed by atoms with Gasteiger partial charge in [0.25, 0.3) is 5.91 Å². The van der Waals surface area contributed by atoms with Gasteiger partial charge in [0, 0.05) is 4.88 Å². The summed E-state index contributed by atoms with van der Waals surface area (Å²) in [6.45, 7) is 0. The molecule has 0 unspecified atom stereocenters. The van der Waals surface area contributed by atoms with Gasteiger partial charge in [-0.1, -0.05) is 6.07 Å². The number of aliphatic hydroxyl groups is 1. The lowest BCUT2D eigenvalue weighted by Crippen LogP contribution is -2.41. The highest BCUT2D eigenvalue weighted by Crippen LogP contribution is 2.39. The first-order chi connectivity index (χ1) is 10.5. The van der Waals surface area contributed by atoms with Gasteiger partial charge in [-0.05, 0) is 48.4 Å². The van der Waals surface area contributed by atoms with Crippen LogP contribution >= 0.6 is 11.3 Å². The molecule has 0 spiro atoms. The van der Waals surface area contributed by atoms with Crippen molar-refractivity contribution >= 4 is 17.2 Å². The number of benzene rings is 1. The summed E-state index contributed by atoms with van der Waals surface area (Å²) in [5.41, 5.74) is -0.304. The minimum absolute atomic E-state index is 0.106. The Bertz CT molecular complexity index is 669. The first kappa shape index (κ1) is 15.1. The number of rotatable bonds is 4. The van der Waals surface area contributed by atoms with Crippen molar-refractivity contribution in [2.24, 2.45) is 5.92 Å². The van der Waals surface area contributed by atoms with Crippen molar-refractivity contribution in [3.05, 3.63) is 57.8 Å². The molecular formula is C16H15F2NO2S. The van der Waals surface area contributed by atoms with E-state index in [0.717, 1.165) is 23.1 Å². The van der Waals surface area contributed by atoms with Crippen LogP contribution < -0.4 is 5.32 Å². The SMILES string of the molecule is O=C(N[C@@H](c1cccs1)C1CC(O)C1)c1cc(F)ccc1F. The minimum Gasteiger partial charge on any atom is -0.393 e. The number of hydrogen-bond donors (Lipinski definition) is 2. The predicted molar refractivity (Wildman–Crippen MR) is 79.6 cm³/mol. The Kier molecular flexibility index (Phi) is 4.22. The average molecular weight is 323 g/mol. The van der Waals surface area contributed by atoms with Gasteiger partial charge in [0.1, 0.15) is 11.6 Å². The van der Waals surface area contributed by atoms with Gasteiger partial charge in [-0.15, -0.1) is 11.3 Å². The van der Waals surface area contributed by atoms with E-state index in [1.54, 1.807) is 0 Å². The summed E-state index contributed by atoms with van der Waals surface area (Å²) in [7, 11) is 0. The summed E-state index contributed by atoms with van der Waals surface area (Å²) in [5.74, 6) is -1.94. The molecule has 0 bridgehead atoms. The first-order valence-corrected chi connectivity index (χ1v) is 7.90. The second kappa shape index (κ2) is 6.14. The Morgan fingerprint density at radius 2 is 2.09 bits per heavy atom. The molecule has 1 fully saturated rings. The smallest absolute Gasteiger partial charge is 0.254 e. The largest absolute Gasteiger partial charge is 0.393 e. The van der Waals surface area contributed by atoms with Crippen molar-refractivity contribution in [1.82, 2.24) is 5.32 Å². The molecule has 1 aromatic carbocycles. The molecule has 22 heavy (non-hydrogen) atoms. The lowest BCUT2D eigenvalue weighted by atomic mass is 9.76. The Hall–Kier alpha value is -1.79. The molecule has 1 aliphatic carbocycles. The summed E-state index contributed by atoms with van der Waals surface area (Å²) in [6.07, 6.45) is 0.832. The molecule has 0 aliphatic heterocycles. The standard InChI is InChI=1S/C16H15F2NO2S/c17-10-3-4-13(18)12(8-10)16(21)19-15(9-6-11(20)7-9)14-2-1-5-22-14/h1-5,8-9,11,15,20H,6-7H2,(H,19,21)/t9?,11?,15-/m1/s1. The van der Waals surface area contributed by atoms with Crippen molar-refractivity contribution in [2.75, 3.05) is 0 Å². The van der Waals surface area contributed by atoms with Gasteiger partial charge in [-0.25, -0.2) is 8.78 Å². The minimum atomic E-state index is -0.752. The molecule has 3 rings (SSSR count). The van der Waals surface area contributed by atoms with Gasteiger partial charge in [0.15, 0.2) is 0 Å². The van der Waals surface area contributed by atoms with Gasteiger partial charge in [0.2, 0.25) is 0 Å². The third-order valence-electron chi connectivity index (χ3n) is 3.93. The number of amides is 1. The maximum absolute atomic E-state index is 13.7. The van der Waals surface area contributed by atoms with Gasteiger partial charge in [0.05, 0.1) is 17.7 Å². The van der Waals surface area contributed by atoms with Gasteiger partial charge < -0.3 is 10.4 Å². The van der Waals surface area contributed by atoms with Crippen LogP contribution in [0.1, 0.15) is 34.1 Å². The number of aliphatic hydroxyl groups excluding tert-OH is 1. The normalized spacial score (nSPS) is 22.0. The second-order valence-corrected chi connectivity index (χ2v) is 6.46. The third-order valence-corrected chi connectivity index (χ3v) is 4.89. The van der Waals surface area contributed by atoms with E-state index in [2.05, 4.69) is 5.32 Å². The molecule has 1 saturated carbocycles. The third kappa shape index (κ3) is 3.03. The summed E-state index contributed by atoms with van der Waals surface area (Å²) < 4.78 is 26.9. The van der Waals surface area contributed by atoms with Crippen LogP contribution in [0.5, 0.6) is 0 Å². The van der Waals surface area contributed by atoms with E-state index in [0.29, 0.717) is 12.8 Å². The molecular weight excluding hydrogens is 308 g/mol. The maximum Gasteiger partial charge on any atom is 0.254 e. The van der Waals surface area contributed by atoms with Crippen molar-refractivity contribution in [2.45, 2.75) is 25.0 Å². The molecule has 3 nitrogen and oxygen atoms in total. The molecule has 1 aliphatic rings. The number of nitrogens with one attached hydrogen (secondary N) is 1. The maximum atomic E-state index is 13.7. The monoisotopic (exact) mass is 323 g/mol. The zero-order chi connectivity index (χ0) is 15.7. The number of hydrogen-bond acceptors (Lipinski definition) is 3. The summed E-state index contributed by atoms with van der Waals surface area (Å²) in [4.78, 5) is 13.2. The molecule has 0 saturated heterocycles. The highest BCUT2D eigenvalue weighted by molar-refractivity contribution is 7.10. The molecule has 1 aromatic heterocycles. The summed E-state index contributed by atoms with van der Waals surface area (Å²) in [5, 5.41) is 14.2. The van der Waals surface area contributed by atoms with Crippen LogP contribution in [0.25, 0.3) is 0 Å².